The van der Waals surface area contributed by atoms with E-state index in [1.54, 1.807) is 0 Å². The highest BCUT2D eigenvalue weighted by atomic mass is 79.9. The number of benzene rings is 1. The Hall–Kier alpha value is -0.315. The lowest BCUT2D eigenvalue weighted by atomic mass is 9.76. The van der Waals surface area contributed by atoms with Gasteiger partial charge in [-0.05, 0) is 29.4 Å². The van der Waals surface area contributed by atoms with Crippen LogP contribution in [0.3, 0.4) is 0 Å². The quantitative estimate of drug-likeness (QED) is 0.626. The molecule has 2 nitrogen and oxygen atoms in total. The first-order valence-electron chi connectivity index (χ1n) is 5.75. The summed E-state index contributed by atoms with van der Waals surface area (Å²) in [6.07, 6.45) is 2.04. The number of aryl methyl sites for hydroxylation is 1. The number of halogens is 1. The molecule has 0 unspecified atom stereocenters. The Labute approximate surface area is 106 Å². The summed E-state index contributed by atoms with van der Waals surface area (Å²) in [6, 6.07) is 6.56. The lowest BCUT2D eigenvalue weighted by Gasteiger charge is -2.20. The summed E-state index contributed by atoms with van der Waals surface area (Å²) in [5, 5.41) is 0.876. The van der Waals surface area contributed by atoms with Crippen LogP contribution in [-0.2, 0) is 21.1 Å². The van der Waals surface area contributed by atoms with Crippen molar-refractivity contribution in [1.29, 1.82) is 0 Å². The van der Waals surface area contributed by atoms with Gasteiger partial charge in [0, 0.05) is 18.5 Å². The van der Waals surface area contributed by atoms with Gasteiger partial charge in [-0.2, -0.15) is 0 Å². The molecule has 0 spiro atoms. The standard InChI is InChI=1S/C12H16BBrO2/c1-2-10-6-11(9-14)8-12(7-10)13-15-4-3-5-16-13/h6-8H,2-5,9H2,1H3. The van der Waals surface area contributed by atoms with Crippen molar-refractivity contribution in [3.8, 4) is 0 Å². The van der Waals surface area contributed by atoms with Crippen LogP contribution in [0, 0.1) is 0 Å². The molecule has 0 aliphatic carbocycles. The molecule has 0 N–H and O–H groups in total. The molecule has 1 aromatic carbocycles. The van der Waals surface area contributed by atoms with Gasteiger partial charge >= 0.3 is 7.12 Å². The van der Waals surface area contributed by atoms with E-state index in [4.69, 9.17) is 9.31 Å². The lowest BCUT2D eigenvalue weighted by molar-refractivity contribution is 0.143. The largest absolute Gasteiger partial charge is 0.493 e. The molecule has 0 saturated carbocycles. The average Bonchev–Trinajstić information content (AvgIpc) is 2.39. The van der Waals surface area contributed by atoms with Crippen molar-refractivity contribution < 1.29 is 9.31 Å². The van der Waals surface area contributed by atoms with Crippen LogP contribution in [0.4, 0.5) is 0 Å². The molecule has 0 radical (unpaired) electrons. The van der Waals surface area contributed by atoms with Crippen LogP contribution >= 0.6 is 15.9 Å². The van der Waals surface area contributed by atoms with Crippen molar-refractivity contribution in [3.63, 3.8) is 0 Å². The van der Waals surface area contributed by atoms with E-state index in [2.05, 4.69) is 41.1 Å². The summed E-state index contributed by atoms with van der Waals surface area (Å²) >= 11 is 3.50. The second-order valence-corrected chi connectivity index (χ2v) is 4.56. The molecule has 4 heteroatoms. The van der Waals surface area contributed by atoms with Crippen LogP contribution in [-0.4, -0.2) is 20.3 Å². The maximum absolute atomic E-state index is 5.63. The van der Waals surface area contributed by atoms with Gasteiger partial charge in [0.25, 0.3) is 0 Å². The first-order valence-corrected chi connectivity index (χ1v) is 6.87. The molecule has 2 rings (SSSR count). The highest BCUT2D eigenvalue weighted by molar-refractivity contribution is 9.08. The SMILES string of the molecule is CCc1cc(CBr)cc(B2OCCCO2)c1. The van der Waals surface area contributed by atoms with E-state index >= 15 is 0 Å². The maximum Gasteiger partial charge on any atom is 0.493 e. The average molecular weight is 283 g/mol. The van der Waals surface area contributed by atoms with Gasteiger partial charge in [0.2, 0.25) is 0 Å². The van der Waals surface area contributed by atoms with Gasteiger partial charge in [0.15, 0.2) is 0 Å². The van der Waals surface area contributed by atoms with Gasteiger partial charge in [-0.15, -0.1) is 0 Å². The molecule has 1 aliphatic heterocycles. The zero-order valence-corrected chi connectivity index (χ0v) is 11.1. The Morgan fingerprint density at radius 3 is 2.50 bits per heavy atom. The van der Waals surface area contributed by atoms with Gasteiger partial charge in [0.05, 0.1) is 0 Å². The van der Waals surface area contributed by atoms with Gasteiger partial charge in [-0.1, -0.05) is 41.1 Å². The van der Waals surface area contributed by atoms with E-state index in [-0.39, 0.29) is 7.12 Å². The number of hydrogen-bond donors (Lipinski definition) is 0. The fourth-order valence-corrected chi connectivity index (χ4v) is 2.21. The zero-order chi connectivity index (χ0) is 11.4. The molecule has 1 aromatic rings. The summed E-state index contributed by atoms with van der Waals surface area (Å²) in [4.78, 5) is 0. The van der Waals surface area contributed by atoms with Crippen molar-refractivity contribution in [2.75, 3.05) is 13.2 Å². The minimum absolute atomic E-state index is 0.168. The van der Waals surface area contributed by atoms with Crippen LogP contribution < -0.4 is 5.46 Å². The summed E-state index contributed by atoms with van der Waals surface area (Å²) < 4.78 is 11.3. The van der Waals surface area contributed by atoms with Crippen LogP contribution in [0.25, 0.3) is 0 Å². The molecule has 0 atom stereocenters. The highest BCUT2D eigenvalue weighted by Crippen LogP contribution is 2.11. The van der Waals surface area contributed by atoms with E-state index in [1.165, 1.54) is 11.1 Å². The third-order valence-electron chi connectivity index (χ3n) is 2.74. The van der Waals surface area contributed by atoms with E-state index < -0.39 is 0 Å². The van der Waals surface area contributed by atoms with Crippen molar-refractivity contribution in [3.05, 3.63) is 29.3 Å². The monoisotopic (exact) mass is 282 g/mol. The first-order chi connectivity index (χ1) is 7.83. The molecule has 1 saturated heterocycles. The number of alkyl halides is 1. The lowest BCUT2D eigenvalue weighted by Crippen LogP contribution is -2.41. The predicted molar refractivity (Wildman–Crippen MR) is 70.4 cm³/mol. The normalized spacial score (nSPS) is 16.5. The van der Waals surface area contributed by atoms with Gasteiger partial charge < -0.3 is 9.31 Å². The second kappa shape index (κ2) is 5.85. The molecule has 86 valence electrons. The van der Waals surface area contributed by atoms with Crippen molar-refractivity contribution in [1.82, 2.24) is 0 Å². The molecule has 0 bridgehead atoms. The van der Waals surface area contributed by atoms with Gasteiger partial charge in [0.1, 0.15) is 0 Å². The molecule has 1 aliphatic rings. The summed E-state index contributed by atoms with van der Waals surface area (Å²) in [7, 11) is -0.168. The Morgan fingerprint density at radius 1 is 1.19 bits per heavy atom. The minimum atomic E-state index is -0.168. The van der Waals surface area contributed by atoms with E-state index in [1.807, 2.05) is 0 Å². The van der Waals surface area contributed by atoms with E-state index in [0.717, 1.165) is 36.8 Å². The third kappa shape index (κ3) is 2.87. The zero-order valence-electron chi connectivity index (χ0n) is 9.54. The molecule has 0 aromatic heterocycles. The Balaban J connectivity index is 2.24. The molecular weight excluding hydrogens is 267 g/mol. The van der Waals surface area contributed by atoms with Crippen LogP contribution in [0.15, 0.2) is 18.2 Å². The van der Waals surface area contributed by atoms with Crippen LogP contribution in [0.1, 0.15) is 24.5 Å². The fraction of sp³-hybridized carbons (Fsp3) is 0.500. The molecule has 1 fully saturated rings. The fourth-order valence-electron chi connectivity index (χ4n) is 1.89. The molecular formula is C12H16BBrO2. The van der Waals surface area contributed by atoms with E-state index in [0.29, 0.717) is 0 Å². The smallest absolute Gasteiger partial charge is 0.407 e. The minimum Gasteiger partial charge on any atom is -0.407 e. The Kier molecular flexibility index (Phi) is 4.44. The molecule has 16 heavy (non-hydrogen) atoms. The Morgan fingerprint density at radius 2 is 1.88 bits per heavy atom. The van der Waals surface area contributed by atoms with Gasteiger partial charge in [-0.3, -0.25) is 0 Å². The Bertz CT molecular complexity index is 329. The third-order valence-corrected chi connectivity index (χ3v) is 3.38. The second-order valence-electron chi connectivity index (χ2n) is 4.00. The summed E-state index contributed by atoms with van der Waals surface area (Å²) in [5.41, 5.74) is 3.77. The van der Waals surface area contributed by atoms with E-state index in [9.17, 15) is 0 Å². The molecule has 0 amide bonds. The number of rotatable bonds is 3. The maximum atomic E-state index is 5.63. The van der Waals surface area contributed by atoms with Crippen molar-refractivity contribution in [2.24, 2.45) is 0 Å². The van der Waals surface area contributed by atoms with Crippen LogP contribution in [0.2, 0.25) is 0 Å². The topological polar surface area (TPSA) is 18.5 Å². The van der Waals surface area contributed by atoms with Crippen molar-refractivity contribution >= 4 is 28.5 Å². The summed E-state index contributed by atoms with van der Waals surface area (Å²) in [6.45, 7) is 3.76. The predicted octanol–water partition coefficient (Wildman–Crippen LogP) is 2.28. The molecule has 1 heterocycles. The highest BCUT2D eigenvalue weighted by Gasteiger charge is 2.24. The first kappa shape index (κ1) is 12.2. The number of hydrogen-bond acceptors (Lipinski definition) is 2. The van der Waals surface area contributed by atoms with Gasteiger partial charge in [-0.25, -0.2) is 0 Å². The van der Waals surface area contributed by atoms with Crippen molar-refractivity contribution in [2.45, 2.75) is 25.1 Å². The summed E-state index contributed by atoms with van der Waals surface area (Å²) in [5.74, 6) is 0. The van der Waals surface area contributed by atoms with Crippen LogP contribution in [0.5, 0.6) is 0 Å².